The van der Waals surface area contributed by atoms with Gasteiger partial charge in [-0.2, -0.15) is 0 Å². The van der Waals surface area contributed by atoms with E-state index in [9.17, 15) is 4.39 Å². The van der Waals surface area contributed by atoms with E-state index in [1.54, 1.807) is 12.1 Å². The summed E-state index contributed by atoms with van der Waals surface area (Å²) in [6.45, 7) is 0. The van der Waals surface area contributed by atoms with Gasteiger partial charge in [-0.15, -0.1) is 0 Å². The van der Waals surface area contributed by atoms with Crippen LogP contribution in [-0.2, 0) is 0 Å². The zero-order valence-corrected chi connectivity index (χ0v) is 12.1. The van der Waals surface area contributed by atoms with Crippen LogP contribution in [0.25, 0.3) is 0 Å². The summed E-state index contributed by atoms with van der Waals surface area (Å²) < 4.78 is 13.8. The second kappa shape index (κ2) is 5.83. The number of nitrogens with one attached hydrogen (secondary N) is 1. The van der Waals surface area contributed by atoms with Crippen molar-refractivity contribution >= 4 is 27.5 Å². The molecule has 4 heteroatoms. The first kappa shape index (κ1) is 13.5. The second-order valence-corrected chi connectivity index (χ2v) is 5.15. The van der Waals surface area contributed by atoms with Gasteiger partial charge in [0.1, 0.15) is 5.82 Å². The zero-order valence-electron chi connectivity index (χ0n) is 9.75. The number of rotatable bonds is 3. The van der Waals surface area contributed by atoms with E-state index in [4.69, 9.17) is 11.6 Å². The average molecular weight is 329 g/mol. The fourth-order valence-corrected chi connectivity index (χ4v) is 2.52. The maximum atomic E-state index is 12.9. The van der Waals surface area contributed by atoms with Gasteiger partial charge in [0.05, 0.1) is 11.1 Å². The average Bonchev–Trinajstić information content (AvgIpc) is 2.37. The van der Waals surface area contributed by atoms with Gasteiger partial charge >= 0.3 is 0 Å². The van der Waals surface area contributed by atoms with Gasteiger partial charge < -0.3 is 5.32 Å². The molecule has 0 aromatic heterocycles. The van der Waals surface area contributed by atoms with Crippen LogP contribution in [0.5, 0.6) is 0 Å². The van der Waals surface area contributed by atoms with E-state index >= 15 is 0 Å². The number of hydrogen-bond donors (Lipinski definition) is 1. The van der Waals surface area contributed by atoms with Crippen molar-refractivity contribution < 1.29 is 4.39 Å². The minimum absolute atomic E-state index is 0.0596. The van der Waals surface area contributed by atoms with Crippen molar-refractivity contribution in [3.8, 4) is 0 Å². The predicted octanol–water partition coefficient (Wildman–Crippen LogP) is 4.55. The van der Waals surface area contributed by atoms with Gasteiger partial charge in [-0.3, -0.25) is 0 Å². The van der Waals surface area contributed by atoms with Crippen LogP contribution in [-0.4, -0.2) is 7.05 Å². The molecule has 18 heavy (non-hydrogen) atoms. The summed E-state index contributed by atoms with van der Waals surface area (Å²) >= 11 is 9.69. The molecule has 0 saturated heterocycles. The van der Waals surface area contributed by atoms with E-state index in [1.807, 2.05) is 25.2 Å². The molecule has 0 bridgehead atoms. The van der Waals surface area contributed by atoms with Crippen LogP contribution in [0.15, 0.2) is 46.9 Å². The SMILES string of the molecule is CNC(c1ccc(F)cc1)c1cccc(Br)c1Cl. The molecule has 2 aromatic carbocycles. The van der Waals surface area contributed by atoms with Crippen molar-refractivity contribution in [1.29, 1.82) is 0 Å². The summed E-state index contributed by atoms with van der Waals surface area (Å²) in [6, 6.07) is 12.1. The van der Waals surface area contributed by atoms with E-state index in [-0.39, 0.29) is 11.9 Å². The van der Waals surface area contributed by atoms with Crippen LogP contribution in [0.4, 0.5) is 4.39 Å². The van der Waals surface area contributed by atoms with E-state index in [0.717, 1.165) is 15.6 Å². The lowest BCUT2D eigenvalue weighted by Gasteiger charge is -2.19. The molecule has 0 radical (unpaired) electrons. The van der Waals surface area contributed by atoms with Crippen molar-refractivity contribution in [3.05, 3.63) is 68.9 Å². The Bertz CT molecular complexity index is 542. The molecule has 2 rings (SSSR count). The first-order valence-corrected chi connectivity index (χ1v) is 6.67. The molecule has 2 aromatic rings. The quantitative estimate of drug-likeness (QED) is 0.871. The minimum atomic E-state index is -0.242. The molecule has 94 valence electrons. The Kier molecular flexibility index (Phi) is 4.38. The Morgan fingerprint density at radius 3 is 2.44 bits per heavy atom. The predicted molar refractivity (Wildman–Crippen MR) is 76.5 cm³/mol. The fraction of sp³-hybridized carbons (Fsp3) is 0.143. The lowest BCUT2D eigenvalue weighted by atomic mass is 9.99. The number of halogens is 3. The highest BCUT2D eigenvalue weighted by Crippen LogP contribution is 2.33. The van der Waals surface area contributed by atoms with Crippen LogP contribution in [0.3, 0.4) is 0 Å². The monoisotopic (exact) mass is 327 g/mol. The van der Waals surface area contributed by atoms with E-state index in [2.05, 4.69) is 21.2 Å². The fourth-order valence-electron chi connectivity index (χ4n) is 1.90. The van der Waals surface area contributed by atoms with Crippen LogP contribution in [0.2, 0.25) is 5.02 Å². The summed E-state index contributed by atoms with van der Waals surface area (Å²) in [5.74, 6) is -0.242. The molecule has 1 N–H and O–H groups in total. The van der Waals surface area contributed by atoms with Crippen LogP contribution in [0.1, 0.15) is 17.2 Å². The molecule has 0 spiro atoms. The third-order valence-corrected chi connectivity index (χ3v) is 4.10. The Balaban J connectivity index is 2.45. The van der Waals surface area contributed by atoms with E-state index in [0.29, 0.717) is 5.02 Å². The molecule has 1 unspecified atom stereocenters. The Labute approximate surface area is 119 Å². The molecule has 0 heterocycles. The summed E-state index contributed by atoms with van der Waals surface area (Å²) in [5.41, 5.74) is 1.93. The third-order valence-electron chi connectivity index (χ3n) is 2.78. The van der Waals surface area contributed by atoms with Crippen molar-refractivity contribution in [2.75, 3.05) is 7.05 Å². The van der Waals surface area contributed by atoms with Gasteiger partial charge in [0.15, 0.2) is 0 Å². The molecule has 0 fully saturated rings. The van der Waals surface area contributed by atoms with Crippen LogP contribution >= 0.6 is 27.5 Å². The lowest BCUT2D eigenvalue weighted by Crippen LogP contribution is -2.18. The van der Waals surface area contributed by atoms with Crippen LogP contribution in [0, 0.1) is 5.82 Å². The van der Waals surface area contributed by atoms with Gasteiger partial charge in [0.2, 0.25) is 0 Å². The molecule has 0 aliphatic rings. The molecular weight excluding hydrogens is 317 g/mol. The summed E-state index contributed by atoms with van der Waals surface area (Å²) in [4.78, 5) is 0. The summed E-state index contributed by atoms with van der Waals surface area (Å²) in [7, 11) is 1.85. The maximum Gasteiger partial charge on any atom is 0.123 e. The Morgan fingerprint density at radius 2 is 1.83 bits per heavy atom. The first-order chi connectivity index (χ1) is 8.63. The number of benzene rings is 2. The summed E-state index contributed by atoms with van der Waals surface area (Å²) in [6.07, 6.45) is 0. The molecular formula is C14H12BrClFN. The van der Waals surface area contributed by atoms with Gasteiger partial charge in [-0.1, -0.05) is 35.9 Å². The highest BCUT2D eigenvalue weighted by Gasteiger charge is 2.16. The molecule has 0 aliphatic carbocycles. The van der Waals surface area contributed by atoms with Crippen molar-refractivity contribution in [3.63, 3.8) is 0 Å². The molecule has 1 nitrogen and oxygen atoms in total. The smallest absolute Gasteiger partial charge is 0.123 e. The van der Waals surface area contributed by atoms with Gasteiger partial charge in [0, 0.05) is 4.47 Å². The third kappa shape index (κ3) is 2.74. The normalized spacial score (nSPS) is 12.4. The minimum Gasteiger partial charge on any atom is -0.309 e. The molecule has 0 aliphatic heterocycles. The Hall–Kier alpha value is -0.900. The zero-order chi connectivity index (χ0) is 13.1. The van der Waals surface area contributed by atoms with Gasteiger partial charge in [0.25, 0.3) is 0 Å². The largest absolute Gasteiger partial charge is 0.309 e. The standard InChI is InChI=1S/C14H12BrClFN/c1-18-14(9-5-7-10(17)8-6-9)11-3-2-4-12(15)13(11)16/h2-8,14,18H,1H3. The Morgan fingerprint density at radius 1 is 1.17 bits per heavy atom. The van der Waals surface area contributed by atoms with E-state index < -0.39 is 0 Å². The highest BCUT2D eigenvalue weighted by molar-refractivity contribution is 9.10. The first-order valence-electron chi connectivity index (χ1n) is 5.50. The number of hydrogen-bond acceptors (Lipinski definition) is 1. The van der Waals surface area contributed by atoms with Crippen LogP contribution < -0.4 is 5.32 Å². The van der Waals surface area contributed by atoms with Crippen molar-refractivity contribution in [2.45, 2.75) is 6.04 Å². The second-order valence-electron chi connectivity index (χ2n) is 3.92. The van der Waals surface area contributed by atoms with Crippen molar-refractivity contribution in [2.24, 2.45) is 0 Å². The topological polar surface area (TPSA) is 12.0 Å². The van der Waals surface area contributed by atoms with Gasteiger partial charge in [-0.05, 0) is 52.3 Å². The van der Waals surface area contributed by atoms with E-state index in [1.165, 1.54) is 12.1 Å². The molecule has 0 saturated carbocycles. The summed E-state index contributed by atoms with van der Waals surface area (Å²) in [5, 5.41) is 3.86. The maximum absolute atomic E-state index is 12.9. The van der Waals surface area contributed by atoms with Crippen molar-refractivity contribution in [1.82, 2.24) is 5.32 Å². The highest BCUT2D eigenvalue weighted by atomic mass is 79.9. The molecule has 0 amide bonds. The molecule has 1 atom stereocenters. The van der Waals surface area contributed by atoms with Gasteiger partial charge in [-0.25, -0.2) is 4.39 Å². The lowest BCUT2D eigenvalue weighted by molar-refractivity contribution is 0.623.